The second kappa shape index (κ2) is 7.35. The molecule has 0 bridgehead atoms. The van der Waals surface area contributed by atoms with Crippen molar-refractivity contribution in [3.05, 3.63) is 60.2 Å². The van der Waals surface area contributed by atoms with Crippen molar-refractivity contribution in [3.63, 3.8) is 0 Å². The summed E-state index contributed by atoms with van der Waals surface area (Å²) in [5.41, 5.74) is 7.62. The Morgan fingerprint density at radius 2 is 1.76 bits per heavy atom. The smallest absolute Gasteiger partial charge is 0.240 e. The normalized spacial score (nSPS) is 16.2. The number of carbonyl (C=O) groups is 1. The number of rotatable bonds is 6. The van der Waals surface area contributed by atoms with Gasteiger partial charge in [0.2, 0.25) is 15.9 Å². The molecule has 0 radical (unpaired) electrons. The zero-order valence-corrected chi connectivity index (χ0v) is 14.6. The Bertz CT molecular complexity index is 836. The van der Waals surface area contributed by atoms with E-state index in [0.717, 1.165) is 17.7 Å². The van der Waals surface area contributed by atoms with Gasteiger partial charge < -0.3 is 10.6 Å². The molecular formula is C18H21N3O3S. The standard InChI is InChI=1S/C18H21N3O3S/c19-17(14-5-2-1-3-6-14)13-20-25(23,24)16-10-8-15(9-11-16)21-12-4-7-18(21)22/h1-3,5-6,8-11,17,20H,4,7,12-13,19H2. The highest BCUT2D eigenvalue weighted by atomic mass is 32.2. The Labute approximate surface area is 147 Å². The monoisotopic (exact) mass is 359 g/mol. The van der Waals surface area contributed by atoms with E-state index in [4.69, 9.17) is 5.73 Å². The fraction of sp³-hybridized carbons (Fsp3) is 0.278. The highest BCUT2D eigenvalue weighted by molar-refractivity contribution is 7.89. The van der Waals surface area contributed by atoms with Gasteiger partial charge >= 0.3 is 0 Å². The van der Waals surface area contributed by atoms with Crippen LogP contribution in [-0.2, 0) is 14.8 Å². The number of sulfonamides is 1. The zero-order chi connectivity index (χ0) is 17.9. The third kappa shape index (κ3) is 4.07. The Hall–Kier alpha value is -2.22. The summed E-state index contributed by atoms with van der Waals surface area (Å²) in [4.78, 5) is 13.6. The number of hydrogen-bond acceptors (Lipinski definition) is 4. The maximum Gasteiger partial charge on any atom is 0.240 e. The van der Waals surface area contributed by atoms with Crippen molar-refractivity contribution in [1.29, 1.82) is 0 Å². The molecule has 1 aliphatic heterocycles. The van der Waals surface area contributed by atoms with Crippen molar-refractivity contribution in [2.24, 2.45) is 5.73 Å². The van der Waals surface area contributed by atoms with Gasteiger partial charge in [0.05, 0.1) is 4.90 Å². The van der Waals surface area contributed by atoms with E-state index in [1.165, 1.54) is 12.1 Å². The number of benzene rings is 2. The SMILES string of the molecule is NC(CNS(=O)(=O)c1ccc(N2CCCC2=O)cc1)c1ccccc1. The molecule has 1 amide bonds. The van der Waals surface area contributed by atoms with Gasteiger partial charge in [-0.05, 0) is 36.2 Å². The van der Waals surface area contributed by atoms with E-state index in [1.807, 2.05) is 30.3 Å². The van der Waals surface area contributed by atoms with Crippen molar-refractivity contribution in [2.45, 2.75) is 23.8 Å². The van der Waals surface area contributed by atoms with Crippen LogP contribution in [0.5, 0.6) is 0 Å². The minimum atomic E-state index is -3.65. The minimum absolute atomic E-state index is 0.0718. The highest BCUT2D eigenvalue weighted by Gasteiger charge is 2.22. The Kier molecular flexibility index (Phi) is 5.17. The van der Waals surface area contributed by atoms with Crippen LogP contribution >= 0.6 is 0 Å². The van der Waals surface area contributed by atoms with Crippen LogP contribution in [0, 0.1) is 0 Å². The fourth-order valence-electron chi connectivity index (χ4n) is 2.83. The van der Waals surface area contributed by atoms with E-state index in [0.29, 0.717) is 13.0 Å². The number of amides is 1. The molecule has 3 N–H and O–H groups in total. The number of carbonyl (C=O) groups excluding carboxylic acids is 1. The summed E-state index contributed by atoms with van der Waals surface area (Å²) in [6, 6.07) is 15.3. The lowest BCUT2D eigenvalue weighted by Crippen LogP contribution is -2.32. The van der Waals surface area contributed by atoms with Crippen molar-refractivity contribution < 1.29 is 13.2 Å². The molecule has 0 saturated carbocycles. The van der Waals surface area contributed by atoms with Crippen LogP contribution in [0.3, 0.4) is 0 Å². The number of nitrogens with zero attached hydrogens (tertiary/aromatic N) is 1. The summed E-state index contributed by atoms with van der Waals surface area (Å²) >= 11 is 0. The number of nitrogens with two attached hydrogens (primary N) is 1. The van der Waals surface area contributed by atoms with Crippen LogP contribution < -0.4 is 15.4 Å². The number of hydrogen-bond donors (Lipinski definition) is 2. The summed E-state index contributed by atoms with van der Waals surface area (Å²) in [6.45, 7) is 0.786. The topological polar surface area (TPSA) is 92.5 Å². The molecule has 1 fully saturated rings. The molecule has 1 aliphatic rings. The molecule has 1 heterocycles. The minimum Gasteiger partial charge on any atom is -0.323 e. The molecule has 2 aromatic rings. The first kappa shape index (κ1) is 17.6. The Balaban J connectivity index is 1.66. The van der Waals surface area contributed by atoms with Crippen LogP contribution in [0.25, 0.3) is 0 Å². The van der Waals surface area contributed by atoms with Crippen molar-refractivity contribution >= 4 is 21.6 Å². The zero-order valence-electron chi connectivity index (χ0n) is 13.8. The van der Waals surface area contributed by atoms with Crippen LogP contribution in [0.4, 0.5) is 5.69 Å². The third-order valence-electron chi connectivity index (χ3n) is 4.25. The Morgan fingerprint density at radius 1 is 1.08 bits per heavy atom. The third-order valence-corrected chi connectivity index (χ3v) is 5.69. The van der Waals surface area contributed by atoms with Crippen molar-refractivity contribution in [1.82, 2.24) is 4.72 Å². The van der Waals surface area contributed by atoms with E-state index in [1.54, 1.807) is 17.0 Å². The van der Waals surface area contributed by atoms with Gasteiger partial charge in [-0.1, -0.05) is 30.3 Å². The van der Waals surface area contributed by atoms with Gasteiger partial charge in [-0.2, -0.15) is 0 Å². The van der Waals surface area contributed by atoms with E-state index in [9.17, 15) is 13.2 Å². The van der Waals surface area contributed by atoms with Crippen molar-refractivity contribution in [2.75, 3.05) is 18.0 Å². The molecule has 132 valence electrons. The summed E-state index contributed by atoms with van der Waals surface area (Å²) in [5, 5.41) is 0. The first-order valence-electron chi connectivity index (χ1n) is 8.18. The molecule has 25 heavy (non-hydrogen) atoms. The molecule has 1 saturated heterocycles. The maximum atomic E-state index is 12.4. The van der Waals surface area contributed by atoms with Gasteiger partial charge in [-0.15, -0.1) is 0 Å². The summed E-state index contributed by atoms with van der Waals surface area (Å²) in [6.07, 6.45) is 1.37. The predicted octanol–water partition coefficient (Wildman–Crippen LogP) is 1.79. The van der Waals surface area contributed by atoms with E-state index in [2.05, 4.69) is 4.72 Å². The average molecular weight is 359 g/mol. The lowest BCUT2D eigenvalue weighted by atomic mass is 10.1. The van der Waals surface area contributed by atoms with Crippen LogP contribution in [0.2, 0.25) is 0 Å². The van der Waals surface area contributed by atoms with E-state index < -0.39 is 16.1 Å². The largest absolute Gasteiger partial charge is 0.323 e. The van der Waals surface area contributed by atoms with Crippen LogP contribution in [0.15, 0.2) is 59.5 Å². The summed E-state index contributed by atoms with van der Waals surface area (Å²) in [7, 11) is -3.65. The summed E-state index contributed by atoms with van der Waals surface area (Å²) < 4.78 is 27.4. The first-order chi connectivity index (χ1) is 12.0. The summed E-state index contributed by atoms with van der Waals surface area (Å²) in [5.74, 6) is 0.0718. The van der Waals surface area contributed by atoms with Gasteiger partial charge in [0.25, 0.3) is 0 Å². The van der Waals surface area contributed by atoms with Gasteiger partial charge in [0, 0.05) is 31.2 Å². The van der Waals surface area contributed by atoms with Gasteiger partial charge in [0.1, 0.15) is 0 Å². The molecule has 0 spiro atoms. The lowest BCUT2D eigenvalue weighted by Gasteiger charge is -2.16. The second-order valence-electron chi connectivity index (χ2n) is 6.01. The molecule has 1 atom stereocenters. The molecule has 1 unspecified atom stereocenters. The van der Waals surface area contributed by atoms with E-state index >= 15 is 0 Å². The Morgan fingerprint density at radius 3 is 2.36 bits per heavy atom. The van der Waals surface area contributed by atoms with Gasteiger partial charge in [-0.25, -0.2) is 13.1 Å². The number of anilines is 1. The molecule has 6 nitrogen and oxygen atoms in total. The second-order valence-corrected chi connectivity index (χ2v) is 7.78. The molecule has 0 aromatic heterocycles. The van der Waals surface area contributed by atoms with Crippen LogP contribution in [0.1, 0.15) is 24.4 Å². The lowest BCUT2D eigenvalue weighted by molar-refractivity contribution is -0.117. The van der Waals surface area contributed by atoms with Gasteiger partial charge in [0.15, 0.2) is 0 Å². The maximum absolute atomic E-state index is 12.4. The first-order valence-corrected chi connectivity index (χ1v) is 9.66. The molecule has 7 heteroatoms. The molecular weight excluding hydrogens is 338 g/mol. The van der Waals surface area contributed by atoms with E-state index in [-0.39, 0.29) is 17.3 Å². The highest BCUT2D eigenvalue weighted by Crippen LogP contribution is 2.23. The van der Waals surface area contributed by atoms with Crippen molar-refractivity contribution in [3.8, 4) is 0 Å². The predicted molar refractivity (Wildman–Crippen MR) is 96.6 cm³/mol. The van der Waals surface area contributed by atoms with Crippen LogP contribution in [-0.4, -0.2) is 27.4 Å². The average Bonchev–Trinajstić information content (AvgIpc) is 3.06. The molecule has 3 rings (SSSR count). The molecule has 2 aromatic carbocycles. The molecule has 0 aliphatic carbocycles. The number of nitrogens with one attached hydrogen (secondary N) is 1. The fourth-order valence-corrected chi connectivity index (χ4v) is 3.89. The quantitative estimate of drug-likeness (QED) is 0.822. The van der Waals surface area contributed by atoms with Gasteiger partial charge in [-0.3, -0.25) is 4.79 Å².